The van der Waals surface area contributed by atoms with E-state index >= 15 is 0 Å². The number of benzene rings is 1. The third-order valence-corrected chi connectivity index (χ3v) is 6.59. The first-order valence-electron chi connectivity index (χ1n) is 9.24. The molecule has 1 amide bonds. The maximum atomic E-state index is 12.8. The van der Waals surface area contributed by atoms with Gasteiger partial charge in [-0.15, -0.1) is 11.3 Å². The van der Waals surface area contributed by atoms with Crippen LogP contribution in [0.1, 0.15) is 22.1 Å². The number of thiazole rings is 1. The minimum Gasteiger partial charge on any atom is -0.497 e. The molecule has 0 aliphatic carbocycles. The van der Waals surface area contributed by atoms with Crippen molar-refractivity contribution in [1.82, 2.24) is 14.8 Å². The molecule has 1 aliphatic rings. The predicted molar refractivity (Wildman–Crippen MR) is 114 cm³/mol. The first-order chi connectivity index (χ1) is 14.2. The molecule has 1 unspecified atom stereocenters. The van der Waals surface area contributed by atoms with E-state index in [2.05, 4.69) is 16.0 Å². The van der Waals surface area contributed by atoms with Crippen molar-refractivity contribution in [3.05, 3.63) is 57.7 Å². The van der Waals surface area contributed by atoms with Gasteiger partial charge >= 0.3 is 0 Å². The van der Waals surface area contributed by atoms with E-state index in [0.29, 0.717) is 31.9 Å². The first-order valence-corrected chi connectivity index (χ1v) is 11.1. The fourth-order valence-corrected chi connectivity index (χ4v) is 4.90. The summed E-state index contributed by atoms with van der Waals surface area (Å²) in [5, 5.41) is 16.4. The number of thiophene rings is 1. The molecule has 0 N–H and O–H groups in total. The topological polar surface area (TPSA) is 69.5 Å². The van der Waals surface area contributed by atoms with Crippen molar-refractivity contribution in [2.45, 2.75) is 6.04 Å². The zero-order valence-electron chi connectivity index (χ0n) is 15.9. The van der Waals surface area contributed by atoms with Crippen molar-refractivity contribution < 1.29 is 9.53 Å². The number of rotatable bonds is 5. The zero-order chi connectivity index (χ0) is 20.2. The lowest BCUT2D eigenvalue weighted by molar-refractivity contribution is 0.0601. The van der Waals surface area contributed by atoms with Crippen LogP contribution in [0.5, 0.6) is 5.75 Å². The molecule has 0 bridgehead atoms. The van der Waals surface area contributed by atoms with E-state index in [0.717, 1.165) is 21.9 Å². The Balaban J connectivity index is 1.39. The monoisotopic (exact) mass is 424 g/mol. The van der Waals surface area contributed by atoms with E-state index < -0.39 is 0 Å². The van der Waals surface area contributed by atoms with Crippen molar-refractivity contribution >= 4 is 28.6 Å². The fourth-order valence-electron chi connectivity index (χ4n) is 3.39. The molecule has 0 radical (unpaired) electrons. The van der Waals surface area contributed by atoms with Crippen LogP contribution in [0.15, 0.2) is 46.5 Å². The highest BCUT2D eigenvalue weighted by molar-refractivity contribution is 7.14. The zero-order valence-corrected chi connectivity index (χ0v) is 17.6. The van der Waals surface area contributed by atoms with E-state index in [1.807, 2.05) is 51.4 Å². The first kappa shape index (κ1) is 19.6. The second kappa shape index (κ2) is 8.74. The number of hydrogen-bond donors (Lipinski definition) is 0. The minimum absolute atomic E-state index is 0.0414. The smallest absolute Gasteiger partial charge is 0.273 e. The second-order valence-electron chi connectivity index (χ2n) is 6.68. The molecule has 4 rings (SSSR count). The average Bonchev–Trinajstić information content (AvgIpc) is 3.47. The number of carbonyl (C=O) groups is 1. The van der Waals surface area contributed by atoms with Crippen molar-refractivity contribution in [3.63, 3.8) is 0 Å². The number of nitriles is 1. The maximum absolute atomic E-state index is 12.8. The number of carbonyl (C=O) groups excluding carboxylic acids is 1. The summed E-state index contributed by atoms with van der Waals surface area (Å²) >= 11 is 3.11. The SMILES string of the molecule is COc1ccc(C(C#N)N2CCN(C(=O)c3csc(-c4ccsc4)n3)CC2)cc1. The molecule has 1 aromatic carbocycles. The number of ether oxygens (including phenoxy) is 1. The molecular formula is C21H20N4O2S2. The number of methoxy groups -OCH3 is 1. The normalized spacial score (nSPS) is 15.7. The molecular weight excluding hydrogens is 404 g/mol. The lowest BCUT2D eigenvalue weighted by Gasteiger charge is -2.36. The Labute approximate surface area is 177 Å². The molecule has 1 fully saturated rings. The Morgan fingerprint density at radius 2 is 1.93 bits per heavy atom. The predicted octanol–water partition coefficient (Wildman–Crippen LogP) is 3.90. The molecule has 148 valence electrons. The quantitative estimate of drug-likeness (QED) is 0.621. The van der Waals surface area contributed by atoms with Crippen LogP contribution in [0.3, 0.4) is 0 Å². The van der Waals surface area contributed by atoms with E-state index in [4.69, 9.17) is 4.74 Å². The number of aromatic nitrogens is 1. The number of hydrogen-bond acceptors (Lipinski definition) is 7. The number of amides is 1. The summed E-state index contributed by atoms with van der Waals surface area (Å²) in [5.74, 6) is 0.728. The van der Waals surface area contributed by atoms with Crippen molar-refractivity contribution in [2.75, 3.05) is 33.3 Å². The van der Waals surface area contributed by atoms with Gasteiger partial charge in [0.25, 0.3) is 5.91 Å². The van der Waals surface area contributed by atoms with Crippen LogP contribution < -0.4 is 4.74 Å². The maximum Gasteiger partial charge on any atom is 0.273 e. The van der Waals surface area contributed by atoms with Gasteiger partial charge in [0.1, 0.15) is 22.5 Å². The molecule has 0 saturated carbocycles. The third-order valence-electron chi connectivity index (χ3n) is 5.01. The molecule has 6 nitrogen and oxygen atoms in total. The van der Waals surface area contributed by atoms with Gasteiger partial charge in [-0.05, 0) is 29.1 Å². The summed E-state index contributed by atoms with van der Waals surface area (Å²) in [7, 11) is 1.62. The highest BCUT2D eigenvalue weighted by atomic mass is 32.1. The largest absolute Gasteiger partial charge is 0.497 e. The Bertz CT molecular complexity index is 1000. The van der Waals surface area contributed by atoms with Crippen LogP contribution in [-0.4, -0.2) is 54.0 Å². The van der Waals surface area contributed by atoms with Gasteiger partial charge in [0, 0.05) is 42.5 Å². The van der Waals surface area contributed by atoms with Gasteiger partial charge in [-0.2, -0.15) is 16.6 Å². The van der Waals surface area contributed by atoms with Gasteiger partial charge in [-0.1, -0.05) is 12.1 Å². The lowest BCUT2D eigenvalue weighted by atomic mass is 10.1. The average molecular weight is 425 g/mol. The van der Waals surface area contributed by atoms with Gasteiger partial charge in [0.2, 0.25) is 0 Å². The Morgan fingerprint density at radius 3 is 2.55 bits per heavy atom. The molecule has 3 heterocycles. The molecule has 1 atom stereocenters. The third kappa shape index (κ3) is 4.17. The van der Waals surface area contributed by atoms with Crippen molar-refractivity contribution in [1.29, 1.82) is 5.26 Å². The standard InChI is InChI=1S/C21H20N4O2S2/c1-27-17-4-2-15(3-5-17)19(12-22)24-7-9-25(10-8-24)21(26)18-14-29-20(23-18)16-6-11-28-13-16/h2-6,11,13-14,19H,7-10H2,1H3. The number of nitrogens with zero attached hydrogens (tertiary/aromatic N) is 4. The second-order valence-corrected chi connectivity index (χ2v) is 8.32. The highest BCUT2D eigenvalue weighted by Crippen LogP contribution is 2.27. The van der Waals surface area contributed by atoms with Crippen LogP contribution in [0, 0.1) is 11.3 Å². The molecule has 1 aliphatic heterocycles. The highest BCUT2D eigenvalue weighted by Gasteiger charge is 2.28. The summed E-state index contributed by atoms with van der Waals surface area (Å²) < 4.78 is 5.19. The summed E-state index contributed by atoms with van der Waals surface area (Å²) in [6.45, 7) is 2.46. The Kier molecular flexibility index (Phi) is 5.90. The Morgan fingerprint density at radius 1 is 1.17 bits per heavy atom. The molecule has 0 spiro atoms. The molecule has 3 aromatic rings. The van der Waals surface area contributed by atoms with Gasteiger partial charge in [0.05, 0.1) is 13.2 Å². The Hall–Kier alpha value is -2.73. The van der Waals surface area contributed by atoms with Crippen LogP contribution in [-0.2, 0) is 0 Å². The molecule has 29 heavy (non-hydrogen) atoms. The van der Waals surface area contributed by atoms with Crippen molar-refractivity contribution in [3.8, 4) is 22.4 Å². The van der Waals surface area contributed by atoms with Gasteiger partial charge in [-0.25, -0.2) is 4.98 Å². The minimum atomic E-state index is -0.331. The fraction of sp³-hybridized carbons (Fsp3) is 0.286. The van der Waals surface area contributed by atoms with Gasteiger partial charge < -0.3 is 9.64 Å². The lowest BCUT2D eigenvalue weighted by Crippen LogP contribution is -2.49. The van der Waals surface area contributed by atoms with E-state index in [1.165, 1.54) is 11.3 Å². The summed E-state index contributed by atoms with van der Waals surface area (Å²) in [4.78, 5) is 21.3. The number of piperazine rings is 1. The van der Waals surface area contributed by atoms with E-state index in [1.54, 1.807) is 18.4 Å². The van der Waals surface area contributed by atoms with Crippen molar-refractivity contribution in [2.24, 2.45) is 0 Å². The summed E-state index contributed by atoms with van der Waals surface area (Å²) in [6, 6.07) is 11.7. The van der Waals surface area contributed by atoms with E-state index in [9.17, 15) is 10.1 Å². The van der Waals surface area contributed by atoms with Crippen LogP contribution in [0.4, 0.5) is 0 Å². The van der Waals surface area contributed by atoms with Crippen LogP contribution >= 0.6 is 22.7 Å². The molecule has 8 heteroatoms. The van der Waals surface area contributed by atoms with Crippen LogP contribution in [0.25, 0.3) is 10.6 Å². The van der Waals surface area contributed by atoms with Gasteiger partial charge in [0.15, 0.2) is 0 Å². The van der Waals surface area contributed by atoms with Gasteiger partial charge in [-0.3, -0.25) is 9.69 Å². The molecule has 2 aromatic heterocycles. The van der Waals surface area contributed by atoms with E-state index in [-0.39, 0.29) is 11.9 Å². The van der Waals surface area contributed by atoms with Crippen LogP contribution in [0.2, 0.25) is 0 Å². The molecule has 1 saturated heterocycles. The summed E-state index contributed by atoms with van der Waals surface area (Å²) in [6.07, 6.45) is 0. The summed E-state index contributed by atoms with van der Waals surface area (Å²) in [5.41, 5.74) is 2.49.